The summed E-state index contributed by atoms with van der Waals surface area (Å²) in [6.07, 6.45) is 0. The zero-order valence-electron chi connectivity index (χ0n) is 8.33. The van der Waals surface area contributed by atoms with Crippen molar-refractivity contribution < 1.29 is 0 Å². The largest absolute Gasteiger partial charge is 0.150 e. The van der Waals surface area contributed by atoms with Crippen molar-refractivity contribution in [2.24, 2.45) is 5.18 Å². The summed E-state index contributed by atoms with van der Waals surface area (Å²) < 4.78 is 0. The molecule has 0 radical (unpaired) electrons. The third kappa shape index (κ3) is 2.00. The molecule has 2 aromatic rings. The molecular formula is C12H10ClNO. The molecule has 2 aromatic carbocycles. The lowest BCUT2D eigenvalue weighted by Crippen LogP contribution is -1.87. The highest BCUT2D eigenvalue weighted by Gasteiger charge is 2.02. The number of aryl methyl sites for hydroxylation is 1. The molecule has 0 unspecified atom stereocenters. The predicted octanol–water partition coefficient (Wildman–Crippen LogP) is 4.07. The van der Waals surface area contributed by atoms with Gasteiger partial charge in [0, 0.05) is 5.02 Å². The fourth-order valence-corrected chi connectivity index (χ4v) is 1.85. The van der Waals surface area contributed by atoms with Gasteiger partial charge in [0.1, 0.15) is 6.54 Å². The van der Waals surface area contributed by atoms with Gasteiger partial charge in [0.25, 0.3) is 0 Å². The molecule has 0 saturated carbocycles. The molecule has 0 heterocycles. The van der Waals surface area contributed by atoms with Gasteiger partial charge < -0.3 is 0 Å². The standard InChI is InChI=1S/C12H10ClNO/c1-8-4-10-6-12(13)3-2-9(10)5-11(8)7-14-15/h2-6H,7H2,1H3. The first-order valence-corrected chi connectivity index (χ1v) is 5.06. The molecule has 0 amide bonds. The van der Waals surface area contributed by atoms with Crippen molar-refractivity contribution in [3.8, 4) is 0 Å². The highest BCUT2D eigenvalue weighted by atomic mass is 35.5. The fourth-order valence-electron chi connectivity index (χ4n) is 1.67. The van der Waals surface area contributed by atoms with Gasteiger partial charge in [0.15, 0.2) is 0 Å². The van der Waals surface area contributed by atoms with E-state index in [2.05, 4.69) is 5.18 Å². The highest BCUT2D eigenvalue weighted by Crippen LogP contribution is 2.23. The molecule has 0 atom stereocenters. The first-order chi connectivity index (χ1) is 7.20. The van der Waals surface area contributed by atoms with E-state index in [0.717, 1.165) is 26.9 Å². The van der Waals surface area contributed by atoms with Crippen LogP contribution >= 0.6 is 11.6 Å². The summed E-state index contributed by atoms with van der Waals surface area (Å²) in [5.41, 5.74) is 2.05. The van der Waals surface area contributed by atoms with E-state index in [-0.39, 0.29) is 6.54 Å². The Kier molecular flexibility index (Phi) is 2.69. The average molecular weight is 220 g/mol. The van der Waals surface area contributed by atoms with Gasteiger partial charge in [-0.2, -0.15) is 4.91 Å². The molecule has 0 aliphatic heterocycles. The van der Waals surface area contributed by atoms with Crippen LogP contribution in [0.3, 0.4) is 0 Å². The Balaban J connectivity index is 2.64. The first-order valence-electron chi connectivity index (χ1n) is 4.68. The third-order valence-corrected chi connectivity index (χ3v) is 2.73. The van der Waals surface area contributed by atoms with E-state index < -0.39 is 0 Å². The minimum atomic E-state index is 0.227. The Labute approximate surface area is 92.8 Å². The molecule has 0 bridgehead atoms. The van der Waals surface area contributed by atoms with Crippen LogP contribution in [-0.4, -0.2) is 0 Å². The van der Waals surface area contributed by atoms with E-state index in [1.165, 1.54) is 0 Å². The second-order valence-corrected chi connectivity index (χ2v) is 3.99. The number of fused-ring (bicyclic) bond motifs is 1. The molecule has 0 spiro atoms. The van der Waals surface area contributed by atoms with Gasteiger partial charge >= 0.3 is 0 Å². The molecule has 0 N–H and O–H groups in total. The Morgan fingerprint density at radius 1 is 1.20 bits per heavy atom. The molecule has 0 aliphatic carbocycles. The van der Waals surface area contributed by atoms with Crippen LogP contribution in [0, 0.1) is 11.8 Å². The lowest BCUT2D eigenvalue weighted by Gasteiger charge is -2.05. The zero-order chi connectivity index (χ0) is 10.8. The zero-order valence-corrected chi connectivity index (χ0v) is 9.08. The third-order valence-electron chi connectivity index (χ3n) is 2.49. The van der Waals surface area contributed by atoms with Crippen LogP contribution in [-0.2, 0) is 6.54 Å². The summed E-state index contributed by atoms with van der Waals surface area (Å²) >= 11 is 5.90. The van der Waals surface area contributed by atoms with Gasteiger partial charge in [-0.1, -0.05) is 28.9 Å². The van der Waals surface area contributed by atoms with Crippen molar-refractivity contribution in [2.75, 3.05) is 0 Å². The molecule has 2 rings (SSSR count). The molecule has 3 heteroatoms. The molecular weight excluding hydrogens is 210 g/mol. The molecule has 0 saturated heterocycles. The summed E-state index contributed by atoms with van der Waals surface area (Å²) in [4.78, 5) is 10.2. The van der Waals surface area contributed by atoms with Crippen LogP contribution in [0.2, 0.25) is 5.02 Å². The van der Waals surface area contributed by atoms with Gasteiger partial charge in [-0.3, -0.25) is 0 Å². The smallest absolute Gasteiger partial charge is 0.106 e. The van der Waals surface area contributed by atoms with Crippen LogP contribution < -0.4 is 0 Å². The number of benzene rings is 2. The lowest BCUT2D eigenvalue weighted by atomic mass is 10.0. The molecule has 2 nitrogen and oxygen atoms in total. The molecule has 0 aromatic heterocycles. The number of nitroso groups, excluding NO2 is 1. The van der Waals surface area contributed by atoms with Gasteiger partial charge in [0.05, 0.1) is 0 Å². The fraction of sp³-hybridized carbons (Fsp3) is 0.167. The summed E-state index contributed by atoms with van der Waals surface area (Å²) in [5, 5.41) is 5.82. The molecule has 0 fully saturated rings. The Morgan fingerprint density at radius 2 is 2.00 bits per heavy atom. The Morgan fingerprint density at radius 3 is 2.73 bits per heavy atom. The maximum absolute atomic E-state index is 10.2. The van der Waals surface area contributed by atoms with Crippen molar-refractivity contribution in [3.63, 3.8) is 0 Å². The molecule has 15 heavy (non-hydrogen) atoms. The number of hydrogen-bond acceptors (Lipinski definition) is 2. The second kappa shape index (κ2) is 3.99. The summed E-state index contributed by atoms with van der Waals surface area (Å²) in [6.45, 7) is 2.20. The van der Waals surface area contributed by atoms with E-state index in [1.807, 2.05) is 37.3 Å². The van der Waals surface area contributed by atoms with Crippen molar-refractivity contribution in [1.29, 1.82) is 0 Å². The van der Waals surface area contributed by atoms with Crippen molar-refractivity contribution in [1.82, 2.24) is 0 Å². The normalized spacial score (nSPS) is 10.5. The SMILES string of the molecule is Cc1cc2cc(Cl)ccc2cc1CN=O. The van der Waals surface area contributed by atoms with Crippen molar-refractivity contribution in [2.45, 2.75) is 13.5 Å². The molecule has 76 valence electrons. The summed E-state index contributed by atoms with van der Waals surface area (Å²) in [5.74, 6) is 0. The van der Waals surface area contributed by atoms with Gasteiger partial charge in [-0.05, 0) is 47.0 Å². The van der Waals surface area contributed by atoms with E-state index in [1.54, 1.807) is 0 Å². The van der Waals surface area contributed by atoms with E-state index in [0.29, 0.717) is 0 Å². The summed E-state index contributed by atoms with van der Waals surface area (Å²) in [6, 6.07) is 9.73. The van der Waals surface area contributed by atoms with E-state index in [9.17, 15) is 4.91 Å². The summed E-state index contributed by atoms with van der Waals surface area (Å²) in [7, 11) is 0. The van der Waals surface area contributed by atoms with E-state index >= 15 is 0 Å². The maximum Gasteiger partial charge on any atom is 0.106 e. The quantitative estimate of drug-likeness (QED) is 0.700. The Hall–Kier alpha value is -1.41. The minimum absolute atomic E-state index is 0.227. The van der Waals surface area contributed by atoms with Gasteiger partial charge in [0.2, 0.25) is 0 Å². The van der Waals surface area contributed by atoms with Crippen LogP contribution in [0.15, 0.2) is 35.5 Å². The average Bonchev–Trinajstić information content (AvgIpc) is 2.20. The number of hydrogen-bond donors (Lipinski definition) is 0. The minimum Gasteiger partial charge on any atom is -0.150 e. The topological polar surface area (TPSA) is 29.4 Å². The predicted molar refractivity (Wildman–Crippen MR) is 63.2 cm³/mol. The number of rotatable bonds is 2. The monoisotopic (exact) mass is 219 g/mol. The van der Waals surface area contributed by atoms with Gasteiger partial charge in [-0.15, -0.1) is 0 Å². The number of nitrogens with zero attached hydrogens (tertiary/aromatic N) is 1. The Bertz CT molecular complexity index is 522. The highest BCUT2D eigenvalue weighted by molar-refractivity contribution is 6.31. The van der Waals surface area contributed by atoms with Gasteiger partial charge in [-0.25, -0.2) is 0 Å². The van der Waals surface area contributed by atoms with Crippen LogP contribution in [0.5, 0.6) is 0 Å². The number of halogens is 1. The van der Waals surface area contributed by atoms with Crippen LogP contribution in [0.4, 0.5) is 0 Å². The molecule has 0 aliphatic rings. The van der Waals surface area contributed by atoms with Crippen LogP contribution in [0.25, 0.3) is 10.8 Å². The lowest BCUT2D eigenvalue weighted by molar-refractivity contribution is 1.04. The first kappa shape index (κ1) is 10.1. The maximum atomic E-state index is 10.2. The second-order valence-electron chi connectivity index (χ2n) is 3.56. The van der Waals surface area contributed by atoms with Crippen molar-refractivity contribution in [3.05, 3.63) is 51.4 Å². The van der Waals surface area contributed by atoms with E-state index in [4.69, 9.17) is 11.6 Å². The van der Waals surface area contributed by atoms with Crippen LogP contribution in [0.1, 0.15) is 11.1 Å². The van der Waals surface area contributed by atoms with Crippen molar-refractivity contribution >= 4 is 22.4 Å².